The van der Waals surface area contributed by atoms with Crippen molar-refractivity contribution < 1.29 is 4.74 Å². The quantitative estimate of drug-likeness (QED) is 0.197. The summed E-state index contributed by atoms with van der Waals surface area (Å²) in [7, 11) is 0.00998. The van der Waals surface area contributed by atoms with Crippen LogP contribution in [0, 0.1) is 35.5 Å². The summed E-state index contributed by atoms with van der Waals surface area (Å²) in [5.74, 6) is 5.08. The molecule has 2 heteroatoms. The highest BCUT2D eigenvalue weighted by molar-refractivity contribution is 6.80. The van der Waals surface area contributed by atoms with Crippen LogP contribution in [0.25, 0.3) is 22.3 Å². The molecule has 8 unspecified atom stereocenters. The van der Waals surface area contributed by atoms with E-state index in [0.29, 0.717) is 23.7 Å². The zero-order valence-electron chi connectivity index (χ0n) is 37.3. The molecule has 0 radical (unpaired) electrons. The van der Waals surface area contributed by atoms with E-state index in [2.05, 4.69) is 160 Å². The summed E-state index contributed by atoms with van der Waals surface area (Å²) in [6.07, 6.45) is 21.0. The number of fused-ring (bicyclic) bond motifs is 3. The monoisotopic (exact) mass is 777 g/mol. The lowest BCUT2D eigenvalue weighted by molar-refractivity contribution is 0.381. The maximum Gasteiger partial charge on any atom is 0.126 e. The van der Waals surface area contributed by atoms with Gasteiger partial charge in [-0.1, -0.05) is 167 Å². The number of ether oxygens (including phenoxy) is 1. The molecule has 0 heterocycles. The summed E-state index contributed by atoms with van der Waals surface area (Å²) in [5, 5.41) is 0. The smallest absolute Gasteiger partial charge is 0.126 e. The second-order valence-corrected chi connectivity index (χ2v) is 26.5. The van der Waals surface area contributed by atoms with Crippen LogP contribution in [0.15, 0.2) is 102 Å². The minimum absolute atomic E-state index is 0.00958. The third kappa shape index (κ3) is 7.12. The average Bonchev–Trinajstić information content (AvgIpc) is 3.90. The van der Waals surface area contributed by atoms with Gasteiger partial charge in [0.15, 0.2) is 0 Å². The molecule has 57 heavy (non-hydrogen) atoms. The van der Waals surface area contributed by atoms with Gasteiger partial charge in [-0.3, -0.25) is 0 Å². The number of hydrogen-bond acceptors (Lipinski definition) is 1. The molecule has 0 N–H and O–H groups in total. The maximum atomic E-state index is 6.30. The van der Waals surface area contributed by atoms with Crippen molar-refractivity contribution in [2.24, 2.45) is 35.5 Å². The highest BCUT2D eigenvalue weighted by atomic mass is 28.3. The Morgan fingerprint density at radius 2 is 1.42 bits per heavy atom. The van der Waals surface area contributed by atoms with Gasteiger partial charge in [-0.2, -0.15) is 0 Å². The molecule has 8 atom stereocenters. The van der Waals surface area contributed by atoms with Gasteiger partial charge in [0, 0.05) is 11.1 Å². The first-order valence-corrected chi connectivity index (χ1v) is 26.0. The van der Waals surface area contributed by atoms with E-state index in [1.165, 1.54) is 84.7 Å². The number of hydrogen-bond donors (Lipinski definition) is 0. The van der Waals surface area contributed by atoms with Crippen LogP contribution in [0.1, 0.15) is 129 Å². The number of rotatable bonds is 9. The summed E-state index contributed by atoms with van der Waals surface area (Å²) in [5.41, 5.74) is 16.7. The van der Waals surface area contributed by atoms with Crippen molar-refractivity contribution in [1.82, 2.24) is 0 Å². The molecule has 0 spiro atoms. The van der Waals surface area contributed by atoms with Crippen molar-refractivity contribution in [3.05, 3.63) is 124 Å². The molecule has 0 saturated heterocycles. The van der Waals surface area contributed by atoms with Gasteiger partial charge < -0.3 is 4.74 Å². The van der Waals surface area contributed by atoms with E-state index in [-0.39, 0.29) is 10.8 Å². The molecule has 5 aliphatic rings. The fourth-order valence-corrected chi connectivity index (χ4v) is 19.7. The van der Waals surface area contributed by atoms with Crippen LogP contribution in [-0.2, 0) is 10.8 Å². The van der Waals surface area contributed by atoms with Crippen LogP contribution in [0.5, 0.6) is 5.75 Å². The summed E-state index contributed by atoms with van der Waals surface area (Å²) >= 11 is 0. The SMILES string of the molecule is CCCCC1CC2C(c3ccccc3-c3ccccc3)=CC=CC2C1[Si](C)(C)C1C(C)CC2C(c3cc(C(C)(C)C)c(OC)c(C(C)(C)C)c3)=C3CCCC3=CC21. The molecule has 8 rings (SSSR count). The van der Waals surface area contributed by atoms with Crippen LogP contribution >= 0.6 is 0 Å². The van der Waals surface area contributed by atoms with Crippen molar-refractivity contribution >= 4 is 19.2 Å². The van der Waals surface area contributed by atoms with Gasteiger partial charge in [-0.25, -0.2) is 0 Å². The Bertz CT molecular complexity index is 2060. The van der Waals surface area contributed by atoms with Crippen LogP contribution in [0.4, 0.5) is 0 Å². The Morgan fingerprint density at radius 3 is 2.07 bits per heavy atom. The topological polar surface area (TPSA) is 9.23 Å². The second-order valence-electron chi connectivity index (χ2n) is 21.6. The fourth-order valence-electron chi connectivity index (χ4n) is 13.5. The Labute approximate surface area is 348 Å². The van der Waals surface area contributed by atoms with Gasteiger partial charge >= 0.3 is 0 Å². The van der Waals surface area contributed by atoms with Gasteiger partial charge in [-0.05, 0) is 146 Å². The molecule has 3 saturated carbocycles. The highest BCUT2D eigenvalue weighted by Crippen LogP contribution is 2.67. The molecule has 0 amide bonds. The van der Waals surface area contributed by atoms with E-state index in [0.717, 1.165) is 28.7 Å². The molecule has 0 bridgehead atoms. The summed E-state index contributed by atoms with van der Waals surface area (Å²) in [4.78, 5) is 0. The van der Waals surface area contributed by atoms with Gasteiger partial charge in [0.05, 0.1) is 15.2 Å². The van der Waals surface area contributed by atoms with Crippen molar-refractivity contribution in [2.45, 2.75) is 142 Å². The van der Waals surface area contributed by atoms with E-state index >= 15 is 0 Å². The molecule has 3 aromatic carbocycles. The highest BCUT2D eigenvalue weighted by Gasteiger charge is 2.59. The minimum atomic E-state index is -1.87. The molecule has 302 valence electrons. The molecule has 3 fully saturated rings. The Kier molecular flexibility index (Phi) is 10.9. The average molecular weight is 777 g/mol. The zero-order chi connectivity index (χ0) is 40.4. The van der Waals surface area contributed by atoms with E-state index in [4.69, 9.17) is 4.74 Å². The van der Waals surface area contributed by atoms with E-state index in [1.807, 2.05) is 7.11 Å². The number of benzene rings is 3. The summed E-state index contributed by atoms with van der Waals surface area (Å²) in [6, 6.07) is 25.5. The first-order chi connectivity index (χ1) is 27.1. The zero-order valence-corrected chi connectivity index (χ0v) is 38.3. The van der Waals surface area contributed by atoms with Gasteiger partial charge in [-0.15, -0.1) is 0 Å². The molecular weight excluding hydrogens is 705 g/mol. The summed E-state index contributed by atoms with van der Waals surface area (Å²) < 4.78 is 6.30. The first kappa shape index (κ1) is 40.4. The standard InChI is InChI=1S/C55H72OSi/c1-12-13-21-38-32-45-43(42-26-18-17-25-40(42)36-22-15-14-16-23-36)28-20-29-44(45)53(38)57(10,11)52-35(2)30-46-47(52)31-37-24-19-27-41(37)50(46)39-33-48(54(3,4)5)51(56-9)49(34-39)55(6,7)8/h14-18,20,22-23,25-26,28-29,31,33-35,38,44-47,52-53H,12-13,19,21,24,27,30,32H2,1-11H3. The molecule has 0 aliphatic heterocycles. The molecule has 1 nitrogen and oxygen atoms in total. The van der Waals surface area contributed by atoms with Crippen molar-refractivity contribution in [3.8, 4) is 16.9 Å². The lowest BCUT2D eigenvalue weighted by Crippen LogP contribution is -2.46. The minimum Gasteiger partial charge on any atom is -0.496 e. The third-order valence-corrected chi connectivity index (χ3v) is 20.9. The predicted molar refractivity (Wildman–Crippen MR) is 249 cm³/mol. The van der Waals surface area contributed by atoms with Crippen LogP contribution < -0.4 is 4.74 Å². The van der Waals surface area contributed by atoms with Crippen molar-refractivity contribution in [2.75, 3.05) is 7.11 Å². The van der Waals surface area contributed by atoms with Gasteiger partial charge in [0.1, 0.15) is 5.75 Å². The number of methoxy groups -OCH3 is 1. The lowest BCUT2D eigenvalue weighted by atomic mass is 9.72. The van der Waals surface area contributed by atoms with Crippen molar-refractivity contribution in [1.29, 1.82) is 0 Å². The fraction of sp³-hybridized carbons (Fsp3) is 0.527. The maximum absolute atomic E-state index is 6.30. The van der Waals surface area contributed by atoms with E-state index < -0.39 is 8.07 Å². The second kappa shape index (κ2) is 15.3. The van der Waals surface area contributed by atoms with E-state index in [1.54, 1.807) is 22.3 Å². The molecule has 5 aliphatic carbocycles. The Hall–Kier alpha value is -3.36. The lowest BCUT2D eigenvalue weighted by Gasteiger charge is -2.47. The Morgan fingerprint density at radius 1 is 0.754 bits per heavy atom. The summed E-state index contributed by atoms with van der Waals surface area (Å²) in [6.45, 7) is 25.1. The first-order valence-electron chi connectivity index (χ1n) is 22.9. The third-order valence-electron chi connectivity index (χ3n) is 15.6. The molecule has 3 aromatic rings. The number of allylic oxidation sites excluding steroid dienone is 8. The number of unbranched alkanes of at least 4 members (excludes halogenated alkanes) is 1. The predicted octanol–water partition coefficient (Wildman–Crippen LogP) is 15.7. The molecular formula is C55H72OSi. The van der Waals surface area contributed by atoms with Gasteiger partial charge in [0.25, 0.3) is 0 Å². The molecule has 0 aromatic heterocycles. The van der Waals surface area contributed by atoms with Crippen molar-refractivity contribution in [3.63, 3.8) is 0 Å². The normalized spacial score (nSPS) is 28.5. The Balaban J connectivity index is 1.20. The van der Waals surface area contributed by atoms with Crippen LogP contribution in [0.3, 0.4) is 0 Å². The van der Waals surface area contributed by atoms with E-state index in [9.17, 15) is 0 Å². The van der Waals surface area contributed by atoms with Gasteiger partial charge in [0.2, 0.25) is 0 Å². The van der Waals surface area contributed by atoms with Crippen LogP contribution in [0.2, 0.25) is 24.2 Å². The van der Waals surface area contributed by atoms with Crippen LogP contribution in [-0.4, -0.2) is 15.2 Å². The largest absolute Gasteiger partial charge is 0.496 e.